The Labute approximate surface area is 140 Å². The molecule has 126 valence electrons. The monoisotopic (exact) mass is 347 g/mol. The van der Waals surface area contributed by atoms with Crippen molar-refractivity contribution in [3.8, 4) is 0 Å². The van der Waals surface area contributed by atoms with Crippen LogP contribution in [0.1, 0.15) is 5.56 Å². The lowest BCUT2D eigenvalue weighted by atomic mass is 10.1. The van der Waals surface area contributed by atoms with Crippen LogP contribution in [0, 0.1) is 0 Å². The van der Waals surface area contributed by atoms with E-state index in [-0.39, 0.29) is 24.7 Å². The van der Waals surface area contributed by atoms with E-state index in [4.69, 9.17) is 8.92 Å². The van der Waals surface area contributed by atoms with Crippen molar-refractivity contribution in [2.24, 2.45) is 4.99 Å². The van der Waals surface area contributed by atoms with Gasteiger partial charge < -0.3 is 9.84 Å². The lowest BCUT2D eigenvalue weighted by Crippen LogP contribution is -2.39. The summed E-state index contributed by atoms with van der Waals surface area (Å²) in [4.78, 5) is 4.42. The first-order chi connectivity index (χ1) is 11.5. The van der Waals surface area contributed by atoms with Crippen molar-refractivity contribution >= 4 is 16.0 Å². The third-order valence-electron chi connectivity index (χ3n) is 3.65. The molecule has 1 N–H and O–H groups in total. The molecule has 1 aliphatic rings. The quantitative estimate of drug-likeness (QED) is 0.802. The van der Waals surface area contributed by atoms with E-state index in [2.05, 4.69) is 4.99 Å². The Balaban J connectivity index is 1.77. The largest absolute Gasteiger partial charge is 0.475 e. The molecule has 0 bridgehead atoms. The molecule has 6 nitrogen and oxygen atoms in total. The zero-order valence-corrected chi connectivity index (χ0v) is 13.6. The van der Waals surface area contributed by atoms with Crippen LogP contribution in [0.15, 0.2) is 70.6 Å². The summed E-state index contributed by atoms with van der Waals surface area (Å²) in [5, 5.41) is 9.69. The number of hydrogen-bond acceptors (Lipinski definition) is 6. The molecule has 0 fully saturated rings. The summed E-state index contributed by atoms with van der Waals surface area (Å²) in [5.41, 5.74) is -0.369. The molecular weight excluding hydrogens is 330 g/mol. The number of nitrogens with zero attached hydrogens (tertiary/aromatic N) is 1. The van der Waals surface area contributed by atoms with Crippen LogP contribution < -0.4 is 0 Å². The molecule has 3 rings (SSSR count). The molecule has 1 heterocycles. The van der Waals surface area contributed by atoms with Gasteiger partial charge >= 0.3 is 0 Å². The van der Waals surface area contributed by atoms with Gasteiger partial charge in [0.25, 0.3) is 10.1 Å². The molecule has 1 aliphatic heterocycles. The Morgan fingerprint density at radius 3 is 2.33 bits per heavy atom. The number of benzene rings is 2. The minimum atomic E-state index is -3.91. The van der Waals surface area contributed by atoms with Crippen LogP contribution in [0.25, 0.3) is 0 Å². The van der Waals surface area contributed by atoms with Gasteiger partial charge in [-0.1, -0.05) is 36.4 Å². The highest BCUT2D eigenvalue weighted by Crippen LogP contribution is 2.24. The summed E-state index contributed by atoms with van der Waals surface area (Å²) in [6.45, 7) is -0.622. The normalized spacial score (nSPS) is 20.5. The highest BCUT2D eigenvalue weighted by atomic mass is 32.2. The summed E-state index contributed by atoms with van der Waals surface area (Å²) >= 11 is 0. The van der Waals surface area contributed by atoms with E-state index in [1.807, 2.05) is 30.3 Å². The van der Waals surface area contributed by atoms with E-state index in [1.54, 1.807) is 18.2 Å². The van der Waals surface area contributed by atoms with Crippen LogP contribution >= 0.6 is 0 Å². The van der Waals surface area contributed by atoms with Gasteiger partial charge in [0, 0.05) is 5.56 Å². The van der Waals surface area contributed by atoms with Gasteiger partial charge in [-0.25, -0.2) is 4.99 Å². The minimum absolute atomic E-state index is 0.0536. The molecule has 24 heavy (non-hydrogen) atoms. The van der Waals surface area contributed by atoms with Crippen LogP contribution in [0.2, 0.25) is 0 Å². The summed E-state index contributed by atoms with van der Waals surface area (Å²) in [7, 11) is -3.91. The molecule has 0 amide bonds. The van der Waals surface area contributed by atoms with Gasteiger partial charge in [0.05, 0.1) is 18.1 Å². The van der Waals surface area contributed by atoms with Crippen molar-refractivity contribution in [1.29, 1.82) is 0 Å². The van der Waals surface area contributed by atoms with E-state index < -0.39 is 15.7 Å². The smallest absolute Gasteiger partial charge is 0.297 e. The van der Waals surface area contributed by atoms with E-state index >= 15 is 0 Å². The molecule has 0 radical (unpaired) electrons. The lowest BCUT2D eigenvalue weighted by Gasteiger charge is -2.20. The summed E-state index contributed by atoms with van der Waals surface area (Å²) < 4.78 is 35.0. The molecule has 7 heteroatoms. The fourth-order valence-corrected chi connectivity index (χ4v) is 3.26. The highest BCUT2D eigenvalue weighted by molar-refractivity contribution is 7.86. The first-order valence-corrected chi connectivity index (χ1v) is 8.79. The average molecular weight is 347 g/mol. The maximum absolute atomic E-state index is 12.2. The van der Waals surface area contributed by atoms with Gasteiger partial charge in [0.2, 0.25) is 5.90 Å². The van der Waals surface area contributed by atoms with Gasteiger partial charge in [-0.3, -0.25) is 4.18 Å². The van der Waals surface area contributed by atoms with Crippen molar-refractivity contribution in [2.45, 2.75) is 10.4 Å². The molecule has 0 saturated heterocycles. The fourth-order valence-electron chi connectivity index (χ4n) is 2.25. The van der Waals surface area contributed by atoms with E-state index in [9.17, 15) is 13.5 Å². The highest BCUT2D eigenvalue weighted by Gasteiger charge is 2.38. The maximum atomic E-state index is 12.2. The molecule has 1 unspecified atom stereocenters. The Kier molecular flexibility index (Phi) is 4.66. The summed E-state index contributed by atoms with van der Waals surface area (Å²) in [6, 6.07) is 17.1. The topological polar surface area (TPSA) is 85.2 Å². The number of aliphatic hydroxyl groups excluding tert-OH is 1. The SMILES string of the molecule is O=S(=O)(OCC1(CO)COC(c2ccccc2)=N1)c1ccccc1. The van der Waals surface area contributed by atoms with Crippen LogP contribution in [-0.2, 0) is 19.0 Å². The maximum Gasteiger partial charge on any atom is 0.297 e. The predicted molar refractivity (Wildman–Crippen MR) is 88.3 cm³/mol. The zero-order valence-electron chi connectivity index (χ0n) is 12.8. The van der Waals surface area contributed by atoms with Crippen LogP contribution in [0.5, 0.6) is 0 Å². The second-order valence-electron chi connectivity index (χ2n) is 5.48. The first kappa shape index (κ1) is 16.6. The van der Waals surface area contributed by atoms with E-state index in [1.165, 1.54) is 12.1 Å². The van der Waals surface area contributed by atoms with Crippen molar-refractivity contribution in [3.63, 3.8) is 0 Å². The second kappa shape index (κ2) is 6.72. The van der Waals surface area contributed by atoms with Crippen LogP contribution in [0.4, 0.5) is 0 Å². The third kappa shape index (κ3) is 3.48. The Morgan fingerprint density at radius 2 is 1.71 bits per heavy atom. The van der Waals surface area contributed by atoms with Crippen LogP contribution in [-0.4, -0.2) is 44.8 Å². The number of rotatable bonds is 6. The molecule has 0 spiro atoms. The van der Waals surface area contributed by atoms with Crippen molar-refractivity contribution in [1.82, 2.24) is 0 Å². The molecular formula is C17H17NO5S. The second-order valence-corrected chi connectivity index (χ2v) is 7.10. The molecule has 0 aromatic heterocycles. The van der Waals surface area contributed by atoms with E-state index in [0.717, 1.165) is 5.56 Å². The zero-order chi connectivity index (χ0) is 17.0. The van der Waals surface area contributed by atoms with Gasteiger partial charge in [-0.15, -0.1) is 0 Å². The molecule has 2 aromatic carbocycles. The molecule has 1 atom stereocenters. The minimum Gasteiger partial charge on any atom is -0.475 e. The molecule has 0 aliphatic carbocycles. The van der Waals surface area contributed by atoms with Crippen molar-refractivity contribution < 1.29 is 22.4 Å². The Bertz CT molecular complexity index is 821. The third-order valence-corrected chi connectivity index (χ3v) is 4.92. The Hall–Kier alpha value is -2.22. The molecule has 0 saturated carbocycles. The standard InChI is InChI=1S/C17H17NO5S/c19-11-17(12-22-16(18-17)14-7-3-1-4-8-14)13-23-24(20,21)15-9-5-2-6-10-15/h1-10,19H,11-13H2. The van der Waals surface area contributed by atoms with Crippen molar-refractivity contribution in [2.75, 3.05) is 19.8 Å². The van der Waals surface area contributed by atoms with Crippen molar-refractivity contribution in [3.05, 3.63) is 66.2 Å². The number of aliphatic hydroxyl groups is 1. The average Bonchev–Trinajstić information content (AvgIpc) is 3.07. The van der Waals surface area contributed by atoms with Gasteiger partial charge in [-0.05, 0) is 24.3 Å². The number of hydrogen-bond donors (Lipinski definition) is 1. The van der Waals surface area contributed by atoms with Gasteiger partial charge in [0.15, 0.2) is 0 Å². The van der Waals surface area contributed by atoms with Gasteiger partial charge in [0.1, 0.15) is 12.1 Å². The number of aliphatic imine (C=N–C) groups is 1. The predicted octanol–water partition coefficient (Wildman–Crippen LogP) is 1.60. The van der Waals surface area contributed by atoms with Crippen LogP contribution in [0.3, 0.4) is 0 Å². The number of ether oxygens (including phenoxy) is 1. The van der Waals surface area contributed by atoms with E-state index in [0.29, 0.717) is 5.90 Å². The molecule has 2 aromatic rings. The Morgan fingerprint density at radius 1 is 1.08 bits per heavy atom. The summed E-state index contributed by atoms with van der Waals surface area (Å²) in [6.07, 6.45) is 0. The summed E-state index contributed by atoms with van der Waals surface area (Å²) in [5.74, 6) is 0.366. The lowest BCUT2D eigenvalue weighted by molar-refractivity contribution is 0.110. The fraction of sp³-hybridized carbons (Fsp3) is 0.235. The van der Waals surface area contributed by atoms with Gasteiger partial charge in [-0.2, -0.15) is 8.42 Å². The first-order valence-electron chi connectivity index (χ1n) is 7.38.